The van der Waals surface area contributed by atoms with Crippen molar-refractivity contribution in [2.24, 2.45) is 0 Å². The van der Waals surface area contributed by atoms with Crippen LogP contribution in [0.15, 0.2) is 170 Å². The van der Waals surface area contributed by atoms with Crippen molar-refractivity contribution in [2.75, 3.05) is 0 Å². The molecule has 0 atom stereocenters. The molecule has 2 heterocycles. The van der Waals surface area contributed by atoms with Crippen LogP contribution in [0, 0.1) is 0 Å². The van der Waals surface area contributed by atoms with E-state index in [9.17, 15) is 4.79 Å². The second-order valence-electron chi connectivity index (χ2n) is 12.1. The Labute approximate surface area is 281 Å². The van der Waals surface area contributed by atoms with Crippen molar-refractivity contribution < 1.29 is 0 Å². The smallest absolute Gasteiger partial charge is 0.263 e. The van der Waals surface area contributed by atoms with Crippen molar-refractivity contribution in [3.63, 3.8) is 0 Å². The van der Waals surface area contributed by atoms with Gasteiger partial charge in [-0.3, -0.25) is 9.36 Å². The summed E-state index contributed by atoms with van der Waals surface area (Å²) >= 11 is 1.86. The first-order valence-corrected chi connectivity index (χ1v) is 16.9. The Morgan fingerprint density at radius 1 is 0.562 bits per heavy atom. The topological polar surface area (TPSA) is 22.0 Å². The summed E-state index contributed by atoms with van der Waals surface area (Å²) in [5.74, 6) is 0. The molecule has 0 bridgehead atoms. The molecule has 0 aliphatic rings. The molecule has 2 aromatic heterocycles. The molecule has 9 rings (SSSR count). The van der Waals surface area contributed by atoms with Crippen LogP contribution in [0.5, 0.6) is 0 Å². The summed E-state index contributed by atoms with van der Waals surface area (Å²) in [5, 5.41) is 9.93. The van der Waals surface area contributed by atoms with E-state index in [1.807, 2.05) is 41.7 Å². The zero-order valence-corrected chi connectivity index (χ0v) is 26.9. The van der Waals surface area contributed by atoms with Crippen LogP contribution in [0.3, 0.4) is 0 Å². The van der Waals surface area contributed by atoms with Gasteiger partial charge in [-0.2, -0.15) is 0 Å². The molecule has 226 valence electrons. The van der Waals surface area contributed by atoms with Gasteiger partial charge in [-0.05, 0) is 74.0 Å². The second-order valence-corrected chi connectivity index (χ2v) is 13.1. The van der Waals surface area contributed by atoms with Crippen LogP contribution >= 0.6 is 11.3 Å². The van der Waals surface area contributed by atoms with Gasteiger partial charge in [0.05, 0.1) is 5.52 Å². The third kappa shape index (κ3) is 4.08. The third-order valence-corrected chi connectivity index (χ3v) is 10.8. The van der Waals surface area contributed by atoms with Crippen LogP contribution in [-0.2, 0) is 0 Å². The third-order valence-electron chi connectivity index (χ3n) is 9.54. The molecule has 0 N–H and O–H groups in total. The quantitative estimate of drug-likeness (QED) is 0.105. The number of fused-ring (bicyclic) bond motifs is 8. The van der Waals surface area contributed by atoms with E-state index < -0.39 is 0 Å². The number of rotatable bonds is 5. The Balaban J connectivity index is 1.41. The van der Waals surface area contributed by atoms with E-state index in [0.717, 1.165) is 27.4 Å². The minimum atomic E-state index is -0.0789. The zero-order valence-electron chi connectivity index (χ0n) is 26.1. The molecule has 0 saturated carbocycles. The van der Waals surface area contributed by atoms with E-state index in [2.05, 4.69) is 122 Å². The van der Waals surface area contributed by atoms with Gasteiger partial charge in [0.2, 0.25) is 0 Å². The number of hydrogen-bond donors (Lipinski definition) is 0. The Hall–Kier alpha value is -6.03. The maximum Gasteiger partial charge on any atom is 0.263 e. The van der Waals surface area contributed by atoms with Crippen molar-refractivity contribution in [3.8, 4) is 22.3 Å². The summed E-state index contributed by atoms with van der Waals surface area (Å²) in [6.45, 7) is 7.95. The van der Waals surface area contributed by atoms with Gasteiger partial charge in [0, 0.05) is 42.2 Å². The first-order valence-electron chi connectivity index (χ1n) is 16.1. The number of benzene rings is 7. The van der Waals surface area contributed by atoms with Gasteiger partial charge in [-0.1, -0.05) is 134 Å². The molecular formula is C45H29NOS. The van der Waals surface area contributed by atoms with Gasteiger partial charge in [0.1, 0.15) is 0 Å². The molecule has 0 spiro atoms. The average molecular weight is 632 g/mol. The molecule has 7 aromatic carbocycles. The van der Waals surface area contributed by atoms with Crippen LogP contribution in [0.2, 0.25) is 0 Å². The van der Waals surface area contributed by atoms with Crippen LogP contribution in [-0.4, -0.2) is 4.57 Å². The number of allylic oxidation sites excluding steroid dienone is 4. The lowest BCUT2D eigenvalue weighted by atomic mass is 9.85. The van der Waals surface area contributed by atoms with Gasteiger partial charge < -0.3 is 0 Å². The fraction of sp³-hybridized carbons (Fsp3) is 0. The number of aromatic nitrogens is 1. The Morgan fingerprint density at radius 2 is 1.15 bits per heavy atom. The second kappa shape index (κ2) is 11.0. The zero-order chi connectivity index (χ0) is 32.4. The van der Waals surface area contributed by atoms with Gasteiger partial charge in [-0.25, -0.2) is 0 Å². The fourth-order valence-corrected chi connectivity index (χ4v) is 8.74. The summed E-state index contributed by atoms with van der Waals surface area (Å²) in [5.41, 5.74) is 6.12. The van der Waals surface area contributed by atoms with Crippen molar-refractivity contribution in [2.45, 2.75) is 0 Å². The molecule has 2 nitrogen and oxygen atoms in total. The highest BCUT2D eigenvalue weighted by molar-refractivity contribution is 7.26. The highest BCUT2D eigenvalue weighted by atomic mass is 32.1. The molecule has 3 heteroatoms. The summed E-state index contributed by atoms with van der Waals surface area (Å²) in [6, 6.07) is 47.2. The van der Waals surface area contributed by atoms with E-state index in [1.54, 1.807) is 16.7 Å². The number of pyridine rings is 1. The molecule has 0 aliphatic heterocycles. The van der Waals surface area contributed by atoms with Gasteiger partial charge in [-0.15, -0.1) is 11.3 Å². The summed E-state index contributed by atoms with van der Waals surface area (Å²) in [6.07, 6.45) is 5.26. The van der Waals surface area contributed by atoms with Crippen molar-refractivity contribution in [3.05, 3.63) is 175 Å². The van der Waals surface area contributed by atoms with E-state index in [1.165, 1.54) is 52.8 Å². The Bertz CT molecular complexity index is 2840. The first-order chi connectivity index (χ1) is 23.7. The largest absolute Gasteiger partial charge is 0.276 e. The molecule has 48 heavy (non-hydrogen) atoms. The van der Waals surface area contributed by atoms with Crippen LogP contribution in [0.1, 0.15) is 0 Å². The predicted molar refractivity (Wildman–Crippen MR) is 209 cm³/mol. The van der Waals surface area contributed by atoms with Crippen LogP contribution < -0.4 is 5.56 Å². The molecule has 0 fully saturated rings. The number of thiophene rings is 1. The monoisotopic (exact) mass is 631 g/mol. The summed E-state index contributed by atoms with van der Waals surface area (Å²) in [4.78, 5) is 14.1. The molecule has 9 aromatic rings. The van der Waals surface area contributed by atoms with Crippen molar-refractivity contribution in [1.29, 1.82) is 0 Å². The van der Waals surface area contributed by atoms with E-state index in [0.29, 0.717) is 11.1 Å². The summed E-state index contributed by atoms with van der Waals surface area (Å²) in [7, 11) is 0. The Morgan fingerprint density at radius 3 is 1.81 bits per heavy atom. The van der Waals surface area contributed by atoms with Crippen LogP contribution in [0.4, 0.5) is 0 Å². The molecule has 0 radical (unpaired) electrons. The maximum atomic E-state index is 14.1. The minimum absolute atomic E-state index is 0.0789. The van der Waals surface area contributed by atoms with E-state index >= 15 is 0 Å². The molecule has 0 unspecified atom stereocenters. The van der Waals surface area contributed by atoms with Gasteiger partial charge in [0.15, 0.2) is 0 Å². The van der Waals surface area contributed by atoms with Crippen molar-refractivity contribution >= 4 is 80.4 Å². The van der Waals surface area contributed by atoms with E-state index in [-0.39, 0.29) is 5.56 Å². The minimum Gasteiger partial charge on any atom is -0.276 e. The van der Waals surface area contributed by atoms with Crippen molar-refractivity contribution in [1.82, 2.24) is 4.57 Å². The van der Waals surface area contributed by atoms with Gasteiger partial charge in [0.25, 0.3) is 5.56 Å². The highest BCUT2D eigenvalue weighted by Crippen LogP contribution is 2.48. The molecule has 0 saturated heterocycles. The van der Waals surface area contributed by atoms with Gasteiger partial charge >= 0.3 is 0 Å². The SMILES string of the molecule is C=C/C=C(\C=C)n1c(=O)c2ccccc2c2ccc(-c3c4ccccc4c(-c4cccc5c4sc4ccccc45)c4ccccc34)cc21. The predicted octanol–water partition coefficient (Wildman–Crippen LogP) is 12.4. The first kappa shape index (κ1) is 28.2. The number of nitrogens with zero attached hydrogens (tertiary/aromatic N) is 1. The maximum absolute atomic E-state index is 14.1. The summed E-state index contributed by atoms with van der Waals surface area (Å²) < 4.78 is 4.37. The van der Waals surface area contributed by atoms with E-state index in [4.69, 9.17) is 0 Å². The normalized spacial score (nSPS) is 12.1. The Kier molecular flexibility index (Phi) is 6.49. The lowest BCUT2D eigenvalue weighted by molar-refractivity contribution is 1.10. The number of hydrogen-bond acceptors (Lipinski definition) is 2. The fourth-order valence-electron chi connectivity index (χ4n) is 7.52. The highest BCUT2D eigenvalue weighted by Gasteiger charge is 2.20. The average Bonchev–Trinajstić information content (AvgIpc) is 3.52. The lowest BCUT2D eigenvalue weighted by Crippen LogP contribution is -2.19. The lowest BCUT2D eigenvalue weighted by Gasteiger charge is -2.19. The molecule has 0 amide bonds. The standard InChI is InChI=1S/C45H29NOS/c1-3-14-29(4-2)46-40-27-28(25-26-31(40)30-15-5-10-21-38(30)45(46)47)42-33-17-6-8-19-35(33)43(36-20-9-7-18-34(36)42)39-23-13-22-37-32-16-11-12-24-41(32)48-44(37)39/h3-27H,1-2H2/b29-14+. The molecule has 0 aliphatic carbocycles. The molecular weight excluding hydrogens is 603 g/mol. The van der Waals surface area contributed by atoms with Crippen LogP contribution in [0.25, 0.3) is 91.3 Å².